The van der Waals surface area contributed by atoms with E-state index in [1.54, 1.807) is 6.92 Å². The van der Waals surface area contributed by atoms with Crippen molar-refractivity contribution in [3.05, 3.63) is 35.4 Å². The van der Waals surface area contributed by atoms with E-state index in [0.717, 1.165) is 13.0 Å². The molecule has 1 saturated heterocycles. The molecule has 0 radical (unpaired) electrons. The van der Waals surface area contributed by atoms with E-state index >= 15 is 0 Å². The van der Waals surface area contributed by atoms with E-state index in [-0.39, 0.29) is 11.9 Å². The molecule has 1 fully saturated rings. The summed E-state index contributed by atoms with van der Waals surface area (Å²) in [5.74, 6) is 0.516. The predicted molar refractivity (Wildman–Crippen MR) is 73.4 cm³/mol. The Morgan fingerprint density at radius 2 is 2.11 bits per heavy atom. The summed E-state index contributed by atoms with van der Waals surface area (Å²) in [6.07, 6.45) is 1.03. The molecule has 0 saturated carbocycles. The van der Waals surface area contributed by atoms with Crippen LogP contribution in [0.1, 0.15) is 37.3 Å². The summed E-state index contributed by atoms with van der Waals surface area (Å²) in [5, 5.41) is 0. The number of carbonyl (C=O) groups excluding carboxylic acids is 1. The second kappa shape index (κ2) is 5.11. The summed E-state index contributed by atoms with van der Waals surface area (Å²) in [6.45, 7) is 6.80. The van der Waals surface area contributed by atoms with Gasteiger partial charge in [-0.3, -0.25) is 4.79 Å². The van der Waals surface area contributed by atoms with Gasteiger partial charge in [-0.1, -0.05) is 24.3 Å². The third-order valence-electron chi connectivity index (χ3n) is 3.88. The van der Waals surface area contributed by atoms with Crippen LogP contribution in [-0.2, 0) is 4.79 Å². The van der Waals surface area contributed by atoms with Gasteiger partial charge in [0.2, 0.25) is 5.91 Å². The van der Waals surface area contributed by atoms with Crippen molar-refractivity contribution >= 4 is 5.91 Å². The molecule has 0 aliphatic carbocycles. The zero-order valence-corrected chi connectivity index (χ0v) is 11.4. The van der Waals surface area contributed by atoms with Crippen molar-refractivity contribution in [1.82, 2.24) is 4.90 Å². The Morgan fingerprint density at radius 1 is 1.44 bits per heavy atom. The maximum Gasteiger partial charge on any atom is 0.239 e. The van der Waals surface area contributed by atoms with Crippen molar-refractivity contribution in [3.63, 3.8) is 0 Å². The molecule has 0 bridgehead atoms. The Bertz CT molecular complexity index is 442. The van der Waals surface area contributed by atoms with Crippen LogP contribution in [0.15, 0.2) is 24.3 Å². The fourth-order valence-electron chi connectivity index (χ4n) is 2.87. The maximum atomic E-state index is 12.0. The smallest absolute Gasteiger partial charge is 0.239 e. The van der Waals surface area contributed by atoms with E-state index < -0.39 is 6.04 Å². The van der Waals surface area contributed by atoms with Gasteiger partial charge in [0.15, 0.2) is 0 Å². The van der Waals surface area contributed by atoms with Crippen molar-refractivity contribution < 1.29 is 4.79 Å². The molecule has 3 nitrogen and oxygen atoms in total. The van der Waals surface area contributed by atoms with Crippen LogP contribution in [0.5, 0.6) is 0 Å². The molecule has 1 heterocycles. The lowest BCUT2D eigenvalue weighted by molar-refractivity contribution is -0.132. The summed E-state index contributed by atoms with van der Waals surface area (Å²) in [6, 6.07) is 8.32. The summed E-state index contributed by atoms with van der Waals surface area (Å²) < 4.78 is 0. The van der Waals surface area contributed by atoms with Crippen molar-refractivity contribution in [3.8, 4) is 0 Å². The van der Waals surface area contributed by atoms with Gasteiger partial charge in [0, 0.05) is 18.5 Å². The van der Waals surface area contributed by atoms with E-state index in [4.69, 9.17) is 5.73 Å². The summed E-state index contributed by atoms with van der Waals surface area (Å²) in [7, 11) is 0. The molecule has 0 aromatic heterocycles. The summed E-state index contributed by atoms with van der Waals surface area (Å²) in [5.41, 5.74) is 8.38. The highest BCUT2D eigenvalue weighted by Crippen LogP contribution is 2.33. The number of aryl methyl sites for hydroxylation is 1. The number of nitrogens with zero attached hydrogens (tertiary/aromatic N) is 1. The van der Waals surface area contributed by atoms with Gasteiger partial charge in [0.25, 0.3) is 0 Å². The first-order valence-electron chi connectivity index (χ1n) is 6.62. The number of nitrogens with two attached hydrogens (primary N) is 1. The Morgan fingerprint density at radius 3 is 2.72 bits per heavy atom. The predicted octanol–water partition coefficient (Wildman–Crippen LogP) is 2.05. The SMILES string of the molecule is Cc1ccccc1[C@H]1C[C@@H](C)N(C(=O)[C@@H](C)N)C1. The van der Waals surface area contributed by atoms with Crippen LogP contribution in [-0.4, -0.2) is 29.4 Å². The number of amides is 1. The van der Waals surface area contributed by atoms with Crippen molar-refractivity contribution in [1.29, 1.82) is 0 Å². The highest BCUT2D eigenvalue weighted by atomic mass is 16.2. The normalized spacial score (nSPS) is 25.2. The molecule has 98 valence electrons. The van der Waals surface area contributed by atoms with Crippen LogP contribution in [0.2, 0.25) is 0 Å². The number of rotatable bonds is 2. The standard InChI is InChI=1S/C15H22N2O/c1-10-6-4-5-7-14(10)13-8-11(2)17(9-13)15(18)12(3)16/h4-7,11-13H,8-9,16H2,1-3H3/t11-,12-,13+/m1/s1. The third-order valence-corrected chi connectivity index (χ3v) is 3.88. The Kier molecular flexibility index (Phi) is 3.71. The molecule has 1 aliphatic rings. The molecule has 2 rings (SSSR count). The molecular weight excluding hydrogens is 224 g/mol. The number of benzene rings is 1. The Hall–Kier alpha value is -1.35. The zero-order chi connectivity index (χ0) is 13.3. The second-order valence-corrected chi connectivity index (χ2v) is 5.42. The lowest BCUT2D eigenvalue weighted by Gasteiger charge is -2.23. The average Bonchev–Trinajstić information content (AvgIpc) is 2.70. The van der Waals surface area contributed by atoms with Crippen LogP contribution in [0, 0.1) is 6.92 Å². The third kappa shape index (κ3) is 2.41. The molecule has 0 spiro atoms. The molecule has 3 atom stereocenters. The molecular formula is C15H22N2O. The van der Waals surface area contributed by atoms with E-state index in [1.165, 1.54) is 11.1 Å². The fraction of sp³-hybridized carbons (Fsp3) is 0.533. The molecule has 1 amide bonds. The lowest BCUT2D eigenvalue weighted by Crippen LogP contribution is -2.43. The molecule has 1 aromatic rings. The average molecular weight is 246 g/mol. The van der Waals surface area contributed by atoms with Crippen molar-refractivity contribution in [2.75, 3.05) is 6.54 Å². The minimum Gasteiger partial charge on any atom is -0.338 e. The van der Waals surface area contributed by atoms with Gasteiger partial charge in [0.1, 0.15) is 0 Å². The molecule has 2 N–H and O–H groups in total. The molecule has 3 heteroatoms. The summed E-state index contributed by atoms with van der Waals surface area (Å²) >= 11 is 0. The van der Waals surface area contributed by atoms with Crippen LogP contribution in [0.25, 0.3) is 0 Å². The number of likely N-dealkylation sites (tertiary alicyclic amines) is 1. The highest BCUT2D eigenvalue weighted by molar-refractivity contribution is 5.81. The minimum atomic E-state index is -0.400. The largest absolute Gasteiger partial charge is 0.338 e. The number of hydrogen-bond acceptors (Lipinski definition) is 2. The molecule has 0 unspecified atom stereocenters. The lowest BCUT2D eigenvalue weighted by atomic mass is 9.93. The van der Waals surface area contributed by atoms with Crippen molar-refractivity contribution in [2.24, 2.45) is 5.73 Å². The van der Waals surface area contributed by atoms with Crippen LogP contribution in [0.4, 0.5) is 0 Å². The highest BCUT2D eigenvalue weighted by Gasteiger charge is 2.34. The van der Waals surface area contributed by atoms with Gasteiger partial charge in [-0.05, 0) is 38.3 Å². The number of hydrogen-bond donors (Lipinski definition) is 1. The van der Waals surface area contributed by atoms with Gasteiger partial charge in [-0.15, -0.1) is 0 Å². The van der Waals surface area contributed by atoms with Crippen molar-refractivity contribution in [2.45, 2.75) is 45.2 Å². The van der Waals surface area contributed by atoms with Crippen LogP contribution >= 0.6 is 0 Å². The number of carbonyl (C=O) groups is 1. The summed E-state index contributed by atoms with van der Waals surface area (Å²) in [4.78, 5) is 14.0. The second-order valence-electron chi connectivity index (χ2n) is 5.42. The van der Waals surface area contributed by atoms with Crippen LogP contribution in [0.3, 0.4) is 0 Å². The maximum absolute atomic E-state index is 12.0. The topological polar surface area (TPSA) is 46.3 Å². The van der Waals surface area contributed by atoms with E-state index in [2.05, 4.69) is 38.1 Å². The van der Waals surface area contributed by atoms with Gasteiger partial charge < -0.3 is 10.6 Å². The van der Waals surface area contributed by atoms with E-state index in [0.29, 0.717) is 5.92 Å². The zero-order valence-electron chi connectivity index (χ0n) is 11.4. The van der Waals surface area contributed by atoms with Gasteiger partial charge >= 0.3 is 0 Å². The first kappa shape index (κ1) is 13.1. The Balaban J connectivity index is 2.16. The monoisotopic (exact) mass is 246 g/mol. The van der Waals surface area contributed by atoms with E-state index in [1.807, 2.05) is 4.90 Å². The quantitative estimate of drug-likeness (QED) is 0.868. The molecule has 1 aromatic carbocycles. The Labute approximate surface area is 109 Å². The van der Waals surface area contributed by atoms with Gasteiger partial charge in [0.05, 0.1) is 6.04 Å². The molecule has 1 aliphatic heterocycles. The molecule has 18 heavy (non-hydrogen) atoms. The van der Waals surface area contributed by atoms with Crippen LogP contribution < -0.4 is 5.73 Å². The van der Waals surface area contributed by atoms with Gasteiger partial charge in [-0.2, -0.15) is 0 Å². The fourth-order valence-corrected chi connectivity index (χ4v) is 2.87. The van der Waals surface area contributed by atoms with Gasteiger partial charge in [-0.25, -0.2) is 0 Å². The minimum absolute atomic E-state index is 0.0681. The first-order chi connectivity index (χ1) is 8.50. The van der Waals surface area contributed by atoms with E-state index in [9.17, 15) is 4.79 Å². The first-order valence-corrected chi connectivity index (χ1v) is 6.62.